The molecule has 0 radical (unpaired) electrons. The van der Waals surface area contributed by atoms with Crippen LogP contribution in [0.15, 0.2) is 77.3 Å². The molecule has 3 aromatic carbocycles. The van der Waals surface area contributed by atoms with Crippen LogP contribution in [-0.2, 0) is 9.53 Å². The molecule has 160 valence electrons. The van der Waals surface area contributed by atoms with E-state index in [9.17, 15) is 9.59 Å². The van der Waals surface area contributed by atoms with E-state index in [2.05, 4.69) is 15.9 Å². The third-order valence-electron chi connectivity index (χ3n) is 4.12. The lowest BCUT2D eigenvalue weighted by Gasteiger charge is -2.09. The van der Waals surface area contributed by atoms with Crippen LogP contribution in [0.1, 0.15) is 15.9 Å². The van der Waals surface area contributed by atoms with E-state index in [0.717, 1.165) is 10.0 Å². The molecule has 0 aliphatic rings. The smallest absolute Gasteiger partial charge is 0.349 e. The molecule has 0 unspecified atom stereocenters. The second-order valence-electron chi connectivity index (χ2n) is 6.50. The molecule has 0 aliphatic carbocycles. The summed E-state index contributed by atoms with van der Waals surface area (Å²) in [6, 6.07) is 20.9. The highest BCUT2D eigenvalue weighted by Gasteiger charge is 2.11. The fourth-order valence-corrected chi connectivity index (χ4v) is 2.84. The number of carbonyl (C=O) groups excluding carboxylic acids is 2. The summed E-state index contributed by atoms with van der Waals surface area (Å²) in [5, 5.41) is 0. The lowest BCUT2D eigenvalue weighted by atomic mass is 10.2. The maximum atomic E-state index is 12.2. The topological polar surface area (TPSA) is 71.1 Å². The van der Waals surface area contributed by atoms with Crippen LogP contribution in [0.3, 0.4) is 0 Å². The Kier molecular flexibility index (Phi) is 8.06. The van der Waals surface area contributed by atoms with Crippen molar-refractivity contribution in [2.75, 3.05) is 19.8 Å². The van der Waals surface area contributed by atoms with Crippen molar-refractivity contribution in [2.45, 2.75) is 6.92 Å². The molecule has 3 rings (SSSR count). The van der Waals surface area contributed by atoms with Gasteiger partial charge in [0.25, 0.3) is 0 Å². The molecule has 0 fully saturated rings. The molecule has 7 heteroatoms. The monoisotopic (exact) mass is 484 g/mol. The third kappa shape index (κ3) is 7.15. The summed E-state index contributed by atoms with van der Waals surface area (Å²) in [5.74, 6) is 0.384. The van der Waals surface area contributed by atoms with E-state index < -0.39 is 11.9 Å². The number of benzene rings is 3. The van der Waals surface area contributed by atoms with Gasteiger partial charge in [-0.3, -0.25) is 0 Å². The maximum Gasteiger partial charge on any atom is 0.349 e. The molecular formula is C24H21BrO6. The van der Waals surface area contributed by atoms with Crippen molar-refractivity contribution >= 4 is 27.9 Å². The number of halogens is 1. The average Bonchev–Trinajstić information content (AvgIpc) is 2.78. The minimum Gasteiger partial charge on any atom is -0.490 e. The summed E-state index contributed by atoms with van der Waals surface area (Å²) < 4.78 is 22.4. The van der Waals surface area contributed by atoms with Crippen molar-refractivity contribution in [3.05, 3.63) is 88.4 Å². The number of hydrogen-bond donors (Lipinski definition) is 0. The molecule has 0 saturated carbocycles. The van der Waals surface area contributed by atoms with Crippen LogP contribution < -0.4 is 14.2 Å². The SMILES string of the molecule is Cc1cc(OCC(=O)Oc2cccc(C(=O)OCCOc3ccccc3)c2)ccc1Br. The second-order valence-corrected chi connectivity index (χ2v) is 7.35. The lowest BCUT2D eigenvalue weighted by Crippen LogP contribution is -2.18. The number of ether oxygens (including phenoxy) is 4. The Morgan fingerprint density at radius 2 is 1.58 bits per heavy atom. The Hall–Kier alpha value is -3.32. The van der Waals surface area contributed by atoms with Gasteiger partial charge in [-0.1, -0.05) is 40.2 Å². The van der Waals surface area contributed by atoms with E-state index >= 15 is 0 Å². The Balaban J connectivity index is 1.45. The quantitative estimate of drug-likeness (QED) is 0.242. The van der Waals surface area contributed by atoms with Gasteiger partial charge in [-0.05, 0) is 61.0 Å². The van der Waals surface area contributed by atoms with Crippen LogP contribution in [-0.4, -0.2) is 31.8 Å². The first-order valence-electron chi connectivity index (χ1n) is 9.56. The predicted octanol–water partition coefficient (Wildman–Crippen LogP) is 4.98. The van der Waals surface area contributed by atoms with Gasteiger partial charge in [-0.25, -0.2) is 9.59 Å². The molecule has 0 aromatic heterocycles. The summed E-state index contributed by atoms with van der Waals surface area (Å²) >= 11 is 3.41. The van der Waals surface area contributed by atoms with E-state index in [4.69, 9.17) is 18.9 Å². The van der Waals surface area contributed by atoms with Gasteiger partial charge in [-0.2, -0.15) is 0 Å². The fourth-order valence-electron chi connectivity index (χ4n) is 2.59. The molecule has 31 heavy (non-hydrogen) atoms. The zero-order valence-corrected chi connectivity index (χ0v) is 18.5. The molecule has 0 heterocycles. The molecular weight excluding hydrogens is 464 g/mol. The van der Waals surface area contributed by atoms with E-state index in [1.54, 1.807) is 24.3 Å². The minimum absolute atomic E-state index is 0.0954. The summed E-state index contributed by atoms with van der Waals surface area (Å²) in [7, 11) is 0. The number of carbonyl (C=O) groups is 2. The Morgan fingerprint density at radius 1 is 0.806 bits per heavy atom. The van der Waals surface area contributed by atoms with Crippen molar-refractivity contribution in [2.24, 2.45) is 0 Å². The number of esters is 2. The average molecular weight is 485 g/mol. The van der Waals surface area contributed by atoms with E-state index in [-0.39, 0.29) is 31.1 Å². The number of hydrogen-bond acceptors (Lipinski definition) is 6. The first-order chi connectivity index (χ1) is 15.0. The summed E-state index contributed by atoms with van der Waals surface area (Å²) in [5.41, 5.74) is 1.26. The van der Waals surface area contributed by atoms with Crippen LogP contribution in [0.5, 0.6) is 17.2 Å². The number of aryl methyl sites for hydroxylation is 1. The van der Waals surface area contributed by atoms with Gasteiger partial charge in [0.1, 0.15) is 30.5 Å². The molecule has 0 aliphatic heterocycles. The van der Waals surface area contributed by atoms with E-state index in [0.29, 0.717) is 11.5 Å². The number of para-hydroxylation sites is 1. The Bertz CT molecular complexity index is 1040. The molecule has 0 N–H and O–H groups in total. The van der Waals surface area contributed by atoms with Crippen LogP contribution in [0.25, 0.3) is 0 Å². The van der Waals surface area contributed by atoms with Crippen molar-refractivity contribution in [3.8, 4) is 17.2 Å². The molecule has 0 spiro atoms. The van der Waals surface area contributed by atoms with E-state index in [1.807, 2.05) is 49.4 Å². The Labute approximate surface area is 188 Å². The second kappa shape index (κ2) is 11.2. The van der Waals surface area contributed by atoms with Crippen molar-refractivity contribution in [1.29, 1.82) is 0 Å². The standard InChI is InChI=1S/C24H21BrO6/c1-17-14-20(10-11-22(17)25)30-16-23(26)31-21-9-5-6-18(15-21)24(27)29-13-12-28-19-7-3-2-4-8-19/h2-11,14-15H,12-13,16H2,1H3. The molecule has 3 aromatic rings. The largest absolute Gasteiger partial charge is 0.490 e. The van der Waals surface area contributed by atoms with Gasteiger partial charge in [0.05, 0.1) is 5.56 Å². The zero-order chi connectivity index (χ0) is 22.1. The Morgan fingerprint density at radius 3 is 2.35 bits per heavy atom. The molecule has 0 amide bonds. The molecule has 6 nitrogen and oxygen atoms in total. The molecule has 0 saturated heterocycles. The zero-order valence-electron chi connectivity index (χ0n) is 16.9. The van der Waals surface area contributed by atoms with Crippen molar-refractivity contribution in [1.82, 2.24) is 0 Å². The molecule has 0 bridgehead atoms. The predicted molar refractivity (Wildman–Crippen MR) is 119 cm³/mol. The normalized spacial score (nSPS) is 10.3. The molecule has 0 atom stereocenters. The van der Waals surface area contributed by atoms with Crippen LogP contribution in [0, 0.1) is 6.92 Å². The van der Waals surface area contributed by atoms with Gasteiger partial charge in [0.15, 0.2) is 6.61 Å². The van der Waals surface area contributed by atoms with Gasteiger partial charge < -0.3 is 18.9 Å². The first-order valence-corrected chi connectivity index (χ1v) is 10.4. The van der Waals surface area contributed by atoms with Crippen molar-refractivity contribution < 1.29 is 28.5 Å². The lowest BCUT2D eigenvalue weighted by molar-refractivity contribution is -0.136. The fraction of sp³-hybridized carbons (Fsp3) is 0.167. The highest BCUT2D eigenvalue weighted by atomic mass is 79.9. The van der Waals surface area contributed by atoms with Crippen LogP contribution >= 0.6 is 15.9 Å². The van der Waals surface area contributed by atoms with Gasteiger partial charge in [0, 0.05) is 4.47 Å². The first kappa shape index (κ1) is 22.4. The van der Waals surface area contributed by atoms with E-state index in [1.165, 1.54) is 6.07 Å². The van der Waals surface area contributed by atoms with Crippen molar-refractivity contribution in [3.63, 3.8) is 0 Å². The summed E-state index contributed by atoms with van der Waals surface area (Å²) in [6.45, 7) is 2.00. The van der Waals surface area contributed by atoms with Crippen LogP contribution in [0.4, 0.5) is 0 Å². The maximum absolute atomic E-state index is 12.2. The van der Waals surface area contributed by atoms with Gasteiger partial charge in [-0.15, -0.1) is 0 Å². The highest BCUT2D eigenvalue weighted by molar-refractivity contribution is 9.10. The third-order valence-corrected chi connectivity index (χ3v) is 5.01. The summed E-state index contributed by atoms with van der Waals surface area (Å²) in [4.78, 5) is 24.3. The summed E-state index contributed by atoms with van der Waals surface area (Å²) in [6.07, 6.45) is 0. The number of rotatable bonds is 9. The van der Waals surface area contributed by atoms with Gasteiger partial charge in [0.2, 0.25) is 0 Å². The van der Waals surface area contributed by atoms with Gasteiger partial charge >= 0.3 is 11.9 Å². The van der Waals surface area contributed by atoms with Crippen LogP contribution in [0.2, 0.25) is 0 Å². The minimum atomic E-state index is -0.581. The highest BCUT2D eigenvalue weighted by Crippen LogP contribution is 2.22.